The number of nitrogens with zero attached hydrogens (tertiary/aromatic N) is 2. The molecule has 1 aliphatic heterocycles. The SMILES string of the molecule is CN(C)C1=NC(C(F)(F)C(F)(F)F)=C(C(F)(F)F)C(F)(F)S1. The predicted molar refractivity (Wildman–Crippen MR) is 57.7 cm³/mol. The van der Waals surface area contributed by atoms with Gasteiger partial charge < -0.3 is 4.90 Å². The summed E-state index contributed by atoms with van der Waals surface area (Å²) in [4.78, 5) is 3.07. The quantitative estimate of drug-likeness (QED) is 0.647. The summed E-state index contributed by atoms with van der Waals surface area (Å²) in [6, 6.07) is 0. The van der Waals surface area contributed by atoms with E-state index in [4.69, 9.17) is 0 Å². The lowest BCUT2D eigenvalue weighted by molar-refractivity contribution is -0.266. The third-order valence-electron chi connectivity index (χ3n) is 2.27. The topological polar surface area (TPSA) is 15.6 Å². The summed E-state index contributed by atoms with van der Waals surface area (Å²) in [5, 5.41) is -6.17. The summed E-state index contributed by atoms with van der Waals surface area (Å²) in [6.07, 6.45) is -12.6. The molecule has 1 aliphatic rings. The molecule has 0 aromatic heterocycles. The number of hydrogen-bond donors (Lipinski definition) is 0. The van der Waals surface area contributed by atoms with Crippen LogP contribution in [0.15, 0.2) is 16.3 Å². The minimum atomic E-state index is -6.52. The number of aliphatic imine (C=N–C) groups is 1. The molecule has 0 spiro atoms. The first-order chi connectivity index (χ1) is 9.52. The van der Waals surface area contributed by atoms with E-state index in [0.717, 1.165) is 14.1 Å². The number of thioether (sulfide) groups is 1. The minimum Gasteiger partial charge on any atom is -0.357 e. The molecule has 0 radical (unpaired) electrons. The molecule has 128 valence electrons. The van der Waals surface area contributed by atoms with Crippen molar-refractivity contribution in [2.24, 2.45) is 4.99 Å². The summed E-state index contributed by atoms with van der Waals surface area (Å²) in [5.74, 6) is -6.19. The van der Waals surface area contributed by atoms with Gasteiger partial charge in [-0.05, 0) is 11.8 Å². The van der Waals surface area contributed by atoms with E-state index in [2.05, 4.69) is 4.99 Å². The highest BCUT2D eigenvalue weighted by Gasteiger charge is 2.67. The summed E-state index contributed by atoms with van der Waals surface area (Å²) in [6.45, 7) is 0. The van der Waals surface area contributed by atoms with E-state index < -0.39 is 51.7 Å². The number of allylic oxidation sites excluding steroid dienone is 1. The molecule has 22 heavy (non-hydrogen) atoms. The molecule has 0 fully saturated rings. The normalized spacial score (nSPS) is 20.1. The average molecular weight is 364 g/mol. The van der Waals surface area contributed by atoms with Crippen molar-refractivity contribution in [3.05, 3.63) is 11.3 Å². The molecule has 0 atom stereocenters. The zero-order valence-corrected chi connectivity index (χ0v) is 11.4. The molecule has 0 unspecified atom stereocenters. The van der Waals surface area contributed by atoms with E-state index >= 15 is 0 Å². The van der Waals surface area contributed by atoms with E-state index in [1.165, 1.54) is 0 Å². The van der Waals surface area contributed by atoms with Crippen LogP contribution in [0.3, 0.4) is 0 Å². The van der Waals surface area contributed by atoms with Crippen LogP contribution in [0, 0.1) is 0 Å². The Balaban J connectivity index is 3.76. The summed E-state index contributed by atoms with van der Waals surface area (Å²) in [5.41, 5.74) is -6.38. The summed E-state index contributed by atoms with van der Waals surface area (Å²) in [7, 11) is 1.90. The van der Waals surface area contributed by atoms with Gasteiger partial charge in [0.05, 0.1) is 0 Å². The van der Waals surface area contributed by atoms with E-state index in [9.17, 15) is 43.9 Å². The van der Waals surface area contributed by atoms with Gasteiger partial charge in [-0.1, -0.05) is 0 Å². The van der Waals surface area contributed by atoms with Gasteiger partial charge in [0.1, 0.15) is 11.3 Å². The highest BCUT2D eigenvalue weighted by Crippen LogP contribution is 2.55. The second-order valence-corrected chi connectivity index (χ2v) is 5.28. The van der Waals surface area contributed by atoms with Crippen LogP contribution in [0.4, 0.5) is 43.9 Å². The fourth-order valence-corrected chi connectivity index (χ4v) is 2.19. The first kappa shape index (κ1) is 18.9. The number of hydrogen-bond acceptors (Lipinski definition) is 3. The number of halogens is 10. The maximum absolute atomic E-state index is 13.5. The van der Waals surface area contributed by atoms with Crippen LogP contribution >= 0.6 is 11.8 Å². The Morgan fingerprint density at radius 2 is 1.41 bits per heavy atom. The molecule has 0 aromatic carbocycles. The van der Waals surface area contributed by atoms with Gasteiger partial charge in [0.2, 0.25) is 0 Å². The Bertz CT molecular complexity index is 513. The van der Waals surface area contributed by atoms with E-state index in [0.29, 0.717) is 4.90 Å². The molecule has 1 heterocycles. The Morgan fingerprint density at radius 3 is 1.73 bits per heavy atom. The largest absolute Gasteiger partial charge is 0.459 e. The van der Waals surface area contributed by atoms with Crippen molar-refractivity contribution in [1.29, 1.82) is 0 Å². The number of alkyl halides is 10. The predicted octanol–water partition coefficient (Wildman–Crippen LogP) is 4.26. The van der Waals surface area contributed by atoms with Gasteiger partial charge in [-0.15, -0.1) is 0 Å². The first-order valence-electron chi connectivity index (χ1n) is 5.11. The lowest BCUT2D eigenvalue weighted by atomic mass is 10.1. The molecule has 2 nitrogen and oxygen atoms in total. The van der Waals surface area contributed by atoms with Crippen LogP contribution in [0.5, 0.6) is 0 Å². The van der Waals surface area contributed by atoms with Crippen LogP contribution in [0.1, 0.15) is 0 Å². The van der Waals surface area contributed by atoms with Crippen LogP contribution in [0.2, 0.25) is 0 Å². The van der Waals surface area contributed by atoms with Crippen LogP contribution in [0.25, 0.3) is 0 Å². The lowest BCUT2D eigenvalue weighted by Crippen LogP contribution is -2.45. The van der Waals surface area contributed by atoms with Gasteiger partial charge in [-0.25, -0.2) is 4.99 Å². The van der Waals surface area contributed by atoms with Gasteiger partial charge in [0, 0.05) is 14.1 Å². The standard InChI is InChI=1S/C9H6F10N2S/c1-21(2)5-20-4(6(10,11)9(17,18)19)3(7(12,13)14)8(15,16)22-5/h1-2H3. The van der Waals surface area contributed by atoms with Crippen molar-refractivity contribution >= 4 is 16.9 Å². The molecule has 13 heteroatoms. The smallest absolute Gasteiger partial charge is 0.357 e. The van der Waals surface area contributed by atoms with E-state index in [-0.39, 0.29) is 0 Å². The van der Waals surface area contributed by atoms with Crippen LogP contribution < -0.4 is 0 Å². The second-order valence-electron chi connectivity index (χ2n) is 4.20. The van der Waals surface area contributed by atoms with Gasteiger partial charge in [0.25, 0.3) is 0 Å². The Morgan fingerprint density at radius 1 is 0.955 bits per heavy atom. The molecule has 0 aromatic rings. The fraction of sp³-hybridized carbons (Fsp3) is 0.667. The van der Waals surface area contributed by atoms with Crippen LogP contribution in [-0.2, 0) is 0 Å². The molecular formula is C9H6F10N2S. The van der Waals surface area contributed by atoms with Gasteiger partial charge in [-0.2, -0.15) is 43.9 Å². The molecule has 0 saturated heterocycles. The Labute approximate surface area is 120 Å². The molecule has 0 N–H and O–H groups in total. The Kier molecular flexibility index (Phi) is 4.47. The van der Waals surface area contributed by atoms with Crippen molar-refractivity contribution in [1.82, 2.24) is 4.90 Å². The fourth-order valence-electron chi connectivity index (χ4n) is 1.33. The molecule has 0 bridgehead atoms. The van der Waals surface area contributed by atoms with E-state index in [1.807, 2.05) is 0 Å². The molecule has 0 saturated carbocycles. The molecule has 1 rings (SSSR count). The third-order valence-corrected chi connectivity index (χ3v) is 3.37. The van der Waals surface area contributed by atoms with Gasteiger partial charge >= 0.3 is 23.5 Å². The maximum atomic E-state index is 13.5. The van der Waals surface area contributed by atoms with Crippen molar-refractivity contribution in [2.45, 2.75) is 23.5 Å². The van der Waals surface area contributed by atoms with Crippen molar-refractivity contribution in [2.75, 3.05) is 14.1 Å². The van der Waals surface area contributed by atoms with Gasteiger partial charge in [0.15, 0.2) is 5.17 Å². The highest BCUT2D eigenvalue weighted by molar-refractivity contribution is 8.14. The molecule has 0 amide bonds. The number of amidine groups is 1. The molecule has 0 aliphatic carbocycles. The Hall–Kier alpha value is -1.14. The molecular weight excluding hydrogens is 358 g/mol. The van der Waals surface area contributed by atoms with Crippen molar-refractivity contribution in [3.63, 3.8) is 0 Å². The third kappa shape index (κ3) is 3.27. The second kappa shape index (κ2) is 5.20. The number of rotatable bonds is 1. The van der Waals surface area contributed by atoms with Crippen molar-refractivity contribution < 1.29 is 43.9 Å². The van der Waals surface area contributed by atoms with E-state index in [1.54, 1.807) is 0 Å². The highest BCUT2D eigenvalue weighted by atomic mass is 32.2. The summed E-state index contributed by atoms with van der Waals surface area (Å²) < 4.78 is 128. The van der Waals surface area contributed by atoms with Crippen molar-refractivity contribution in [3.8, 4) is 0 Å². The zero-order valence-electron chi connectivity index (χ0n) is 10.6. The monoisotopic (exact) mass is 364 g/mol. The minimum absolute atomic E-state index is 0.595. The van der Waals surface area contributed by atoms with Crippen LogP contribution in [-0.4, -0.2) is 47.7 Å². The lowest BCUT2D eigenvalue weighted by Gasteiger charge is -2.32. The average Bonchev–Trinajstić information content (AvgIpc) is 2.22. The van der Waals surface area contributed by atoms with Gasteiger partial charge in [-0.3, -0.25) is 0 Å². The maximum Gasteiger partial charge on any atom is 0.459 e. The zero-order chi connectivity index (χ0) is 17.7. The summed E-state index contributed by atoms with van der Waals surface area (Å²) >= 11 is -0.874. The first-order valence-corrected chi connectivity index (χ1v) is 5.93.